The van der Waals surface area contributed by atoms with Crippen LogP contribution >= 0.6 is 0 Å². The Labute approximate surface area is 180 Å². The second kappa shape index (κ2) is 8.59. The monoisotopic (exact) mass is 423 g/mol. The maximum atomic E-state index is 13.1. The number of nitrogens with one attached hydrogen (secondary N) is 2. The highest BCUT2D eigenvalue weighted by atomic mass is 16.7. The molecule has 0 saturated heterocycles. The Balaban J connectivity index is 1.72. The van der Waals surface area contributed by atoms with Crippen LogP contribution in [0.3, 0.4) is 0 Å². The molecule has 1 aliphatic rings. The van der Waals surface area contributed by atoms with Crippen molar-refractivity contribution in [2.75, 3.05) is 26.3 Å². The van der Waals surface area contributed by atoms with Gasteiger partial charge in [0.05, 0.1) is 25.6 Å². The van der Waals surface area contributed by atoms with E-state index in [0.29, 0.717) is 45.9 Å². The van der Waals surface area contributed by atoms with Crippen molar-refractivity contribution in [1.82, 2.24) is 10.2 Å². The highest BCUT2D eigenvalue weighted by Gasteiger charge is 2.23. The van der Waals surface area contributed by atoms with Gasteiger partial charge in [-0.2, -0.15) is 5.10 Å². The molecule has 8 nitrogen and oxygen atoms in total. The number of amides is 1. The van der Waals surface area contributed by atoms with Gasteiger partial charge < -0.3 is 24.3 Å². The first-order valence-corrected chi connectivity index (χ1v) is 10.0. The number of hydrogen-bond acceptors (Lipinski definition) is 6. The molecule has 2 N–H and O–H groups in total. The van der Waals surface area contributed by atoms with Crippen LogP contribution in [0.2, 0.25) is 0 Å². The zero-order valence-electron chi connectivity index (χ0n) is 17.9. The van der Waals surface area contributed by atoms with Gasteiger partial charge in [0, 0.05) is 17.2 Å². The van der Waals surface area contributed by atoms with Gasteiger partial charge in [-0.1, -0.05) is 13.8 Å². The summed E-state index contributed by atoms with van der Waals surface area (Å²) in [4.78, 5) is 13.1. The van der Waals surface area contributed by atoms with Gasteiger partial charge >= 0.3 is 0 Å². The van der Waals surface area contributed by atoms with E-state index in [0.717, 1.165) is 17.7 Å². The number of nitrogens with zero attached hydrogens (tertiary/aromatic N) is 1. The van der Waals surface area contributed by atoms with E-state index < -0.39 is 0 Å². The number of ether oxygens (including phenoxy) is 4. The van der Waals surface area contributed by atoms with Crippen LogP contribution in [0.25, 0.3) is 11.3 Å². The standard InChI is InChI=1S/C23H25N3O5/c1-13(2)9-17-22(24-23(27)14-5-8-18-20(10-14)31-12-30-18)21(26-25-17)16-7-6-15(28-3)11-19(16)29-4/h5-8,10-11,13H,9,12H2,1-4H3,(H,24,27)(H,25,26). The lowest BCUT2D eigenvalue weighted by Crippen LogP contribution is -2.14. The molecular weight excluding hydrogens is 398 g/mol. The van der Waals surface area contributed by atoms with Gasteiger partial charge in [-0.3, -0.25) is 9.89 Å². The van der Waals surface area contributed by atoms with Crippen LogP contribution < -0.4 is 24.3 Å². The molecule has 0 fully saturated rings. The summed E-state index contributed by atoms with van der Waals surface area (Å²) in [5, 5.41) is 10.6. The summed E-state index contributed by atoms with van der Waals surface area (Å²) in [6.45, 7) is 4.37. The highest BCUT2D eigenvalue weighted by Crippen LogP contribution is 2.38. The fourth-order valence-corrected chi connectivity index (χ4v) is 3.48. The Morgan fingerprint density at radius 3 is 2.68 bits per heavy atom. The molecule has 1 amide bonds. The summed E-state index contributed by atoms with van der Waals surface area (Å²) < 4.78 is 21.6. The largest absolute Gasteiger partial charge is 0.497 e. The molecule has 0 aliphatic carbocycles. The molecule has 4 rings (SSSR count). The molecule has 0 saturated carbocycles. The minimum absolute atomic E-state index is 0.155. The smallest absolute Gasteiger partial charge is 0.255 e. The number of H-pyrrole nitrogens is 1. The third kappa shape index (κ3) is 4.14. The van der Waals surface area contributed by atoms with Gasteiger partial charge in [0.1, 0.15) is 17.2 Å². The Morgan fingerprint density at radius 1 is 1.13 bits per heavy atom. The Hall–Kier alpha value is -3.68. The molecule has 8 heteroatoms. The van der Waals surface area contributed by atoms with E-state index in [1.54, 1.807) is 38.5 Å². The van der Waals surface area contributed by atoms with Gasteiger partial charge in [-0.15, -0.1) is 0 Å². The first-order valence-electron chi connectivity index (χ1n) is 10.0. The second-order valence-electron chi connectivity index (χ2n) is 7.61. The highest BCUT2D eigenvalue weighted by molar-refractivity contribution is 6.07. The zero-order chi connectivity index (χ0) is 22.0. The number of aromatic nitrogens is 2. The number of methoxy groups -OCH3 is 2. The van der Waals surface area contributed by atoms with Gasteiger partial charge in [0.15, 0.2) is 11.5 Å². The lowest BCUT2D eigenvalue weighted by Gasteiger charge is -2.13. The quantitative estimate of drug-likeness (QED) is 0.589. The van der Waals surface area contributed by atoms with Crippen LogP contribution in [-0.2, 0) is 6.42 Å². The first-order chi connectivity index (χ1) is 15.0. The van der Waals surface area contributed by atoms with Crippen molar-refractivity contribution in [2.24, 2.45) is 5.92 Å². The van der Waals surface area contributed by atoms with Gasteiger partial charge in [-0.25, -0.2) is 0 Å². The van der Waals surface area contributed by atoms with E-state index in [2.05, 4.69) is 29.4 Å². The summed E-state index contributed by atoms with van der Waals surface area (Å²) in [7, 11) is 3.19. The SMILES string of the molecule is COc1ccc(-c2n[nH]c(CC(C)C)c2NC(=O)c2ccc3c(c2)OCO3)c(OC)c1. The van der Waals surface area contributed by atoms with Crippen LogP contribution in [-0.4, -0.2) is 37.1 Å². The van der Waals surface area contributed by atoms with Crippen molar-refractivity contribution >= 4 is 11.6 Å². The second-order valence-corrected chi connectivity index (χ2v) is 7.61. The Morgan fingerprint density at radius 2 is 1.94 bits per heavy atom. The van der Waals surface area contributed by atoms with Crippen molar-refractivity contribution in [3.63, 3.8) is 0 Å². The third-order valence-electron chi connectivity index (χ3n) is 4.99. The van der Waals surface area contributed by atoms with Crippen LogP contribution in [0.15, 0.2) is 36.4 Å². The van der Waals surface area contributed by atoms with E-state index in [-0.39, 0.29) is 12.7 Å². The van der Waals surface area contributed by atoms with E-state index in [9.17, 15) is 4.79 Å². The molecule has 1 aromatic heterocycles. The van der Waals surface area contributed by atoms with Crippen molar-refractivity contribution in [2.45, 2.75) is 20.3 Å². The fourth-order valence-electron chi connectivity index (χ4n) is 3.48. The van der Waals surface area contributed by atoms with E-state index >= 15 is 0 Å². The summed E-state index contributed by atoms with van der Waals surface area (Å²) in [6, 6.07) is 10.6. The molecule has 0 bridgehead atoms. The number of rotatable bonds is 7. The maximum Gasteiger partial charge on any atom is 0.255 e. The Bertz CT molecular complexity index is 1110. The summed E-state index contributed by atoms with van der Waals surface area (Å²) in [5.74, 6) is 2.55. The lowest BCUT2D eigenvalue weighted by molar-refractivity contribution is 0.102. The van der Waals surface area contributed by atoms with Gasteiger partial charge in [0.2, 0.25) is 6.79 Å². The lowest BCUT2D eigenvalue weighted by atomic mass is 10.0. The zero-order valence-corrected chi connectivity index (χ0v) is 17.9. The molecule has 31 heavy (non-hydrogen) atoms. The number of anilines is 1. The predicted molar refractivity (Wildman–Crippen MR) is 116 cm³/mol. The summed E-state index contributed by atoms with van der Waals surface area (Å²) in [6.07, 6.45) is 0.724. The summed E-state index contributed by atoms with van der Waals surface area (Å²) >= 11 is 0. The van der Waals surface area contributed by atoms with Crippen molar-refractivity contribution in [1.29, 1.82) is 0 Å². The Kier molecular flexibility index (Phi) is 5.70. The average Bonchev–Trinajstić information content (AvgIpc) is 3.39. The van der Waals surface area contributed by atoms with Crippen LogP contribution in [0.1, 0.15) is 29.9 Å². The van der Waals surface area contributed by atoms with Crippen LogP contribution in [0.5, 0.6) is 23.0 Å². The first kappa shape index (κ1) is 20.6. The van der Waals surface area contributed by atoms with Crippen molar-refractivity contribution in [3.8, 4) is 34.3 Å². The molecule has 2 aromatic carbocycles. The number of hydrogen-bond donors (Lipinski definition) is 2. The molecule has 0 radical (unpaired) electrons. The molecule has 0 unspecified atom stereocenters. The molecule has 1 aliphatic heterocycles. The minimum Gasteiger partial charge on any atom is -0.497 e. The van der Waals surface area contributed by atoms with E-state index in [1.807, 2.05) is 12.1 Å². The fraction of sp³-hybridized carbons (Fsp3) is 0.304. The summed E-state index contributed by atoms with van der Waals surface area (Å²) in [5.41, 5.74) is 3.28. The van der Waals surface area contributed by atoms with Crippen molar-refractivity contribution < 1.29 is 23.7 Å². The van der Waals surface area contributed by atoms with E-state index in [4.69, 9.17) is 18.9 Å². The van der Waals surface area contributed by atoms with E-state index in [1.165, 1.54) is 0 Å². The third-order valence-corrected chi connectivity index (χ3v) is 4.99. The van der Waals surface area contributed by atoms with Gasteiger partial charge in [-0.05, 0) is 42.7 Å². The number of benzene rings is 2. The van der Waals surface area contributed by atoms with Crippen molar-refractivity contribution in [3.05, 3.63) is 47.7 Å². The maximum absolute atomic E-state index is 13.1. The molecule has 3 aromatic rings. The number of carbonyl (C=O) groups is 1. The molecule has 162 valence electrons. The van der Waals surface area contributed by atoms with Crippen LogP contribution in [0.4, 0.5) is 5.69 Å². The number of aromatic amines is 1. The number of carbonyl (C=O) groups excluding carboxylic acids is 1. The topological polar surface area (TPSA) is 94.7 Å². The molecule has 0 atom stereocenters. The van der Waals surface area contributed by atoms with Gasteiger partial charge in [0.25, 0.3) is 5.91 Å². The molecule has 0 spiro atoms. The molecule has 2 heterocycles. The average molecular weight is 423 g/mol. The predicted octanol–water partition coefficient (Wildman–Crippen LogP) is 4.27. The number of fused-ring (bicyclic) bond motifs is 1. The molecular formula is C23H25N3O5. The van der Waals surface area contributed by atoms with Crippen LogP contribution in [0, 0.1) is 5.92 Å². The normalized spacial score (nSPS) is 12.2. The minimum atomic E-state index is -0.265.